The smallest absolute Gasteiger partial charge is 0.306 e. The molecule has 0 heterocycles. The minimum atomic E-state index is -0.841. The summed E-state index contributed by atoms with van der Waals surface area (Å²) in [5.74, 6) is -1.15. The van der Waals surface area contributed by atoms with E-state index in [0.717, 1.165) is 0 Å². The summed E-state index contributed by atoms with van der Waals surface area (Å²) in [5, 5.41) is 2.55. The van der Waals surface area contributed by atoms with Gasteiger partial charge in [-0.3, -0.25) is 14.4 Å². The lowest BCUT2D eigenvalue weighted by molar-refractivity contribution is -0.155. The van der Waals surface area contributed by atoms with Crippen LogP contribution in [0.2, 0.25) is 0 Å². The Bertz CT molecular complexity index is 303. The van der Waals surface area contributed by atoms with E-state index >= 15 is 0 Å². The monoisotopic (exact) mass is 259 g/mol. The van der Waals surface area contributed by atoms with Gasteiger partial charge in [0.05, 0.1) is 6.54 Å². The number of hydrogen-bond donors (Lipinski definition) is 1. The molecule has 0 aliphatic heterocycles. The molecule has 0 bridgehead atoms. The first-order valence-corrected chi connectivity index (χ1v) is 6.07. The highest BCUT2D eigenvalue weighted by Gasteiger charge is 2.17. The van der Waals surface area contributed by atoms with E-state index < -0.39 is 24.1 Å². The van der Waals surface area contributed by atoms with Crippen LogP contribution in [0.15, 0.2) is 0 Å². The van der Waals surface area contributed by atoms with Gasteiger partial charge < -0.3 is 14.8 Å². The molecule has 104 valence electrons. The van der Waals surface area contributed by atoms with Crippen LogP contribution < -0.4 is 5.32 Å². The number of esters is 2. The molecule has 0 saturated carbocycles. The van der Waals surface area contributed by atoms with E-state index in [1.165, 1.54) is 6.92 Å². The van der Waals surface area contributed by atoms with Crippen LogP contribution >= 0.6 is 0 Å². The van der Waals surface area contributed by atoms with Gasteiger partial charge in [-0.05, 0) is 13.8 Å². The highest BCUT2D eigenvalue weighted by molar-refractivity contribution is 5.83. The van der Waals surface area contributed by atoms with Crippen molar-refractivity contribution in [3.05, 3.63) is 0 Å². The lowest BCUT2D eigenvalue weighted by Crippen LogP contribution is -2.40. The van der Waals surface area contributed by atoms with Crippen molar-refractivity contribution in [2.45, 2.75) is 52.7 Å². The Morgan fingerprint density at radius 3 is 2.00 bits per heavy atom. The van der Waals surface area contributed by atoms with E-state index in [1.54, 1.807) is 20.8 Å². The molecule has 0 rings (SSSR count). The van der Waals surface area contributed by atoms with Crippen LogP contribution in [0.5, 0.6) is 0 Å². The van der Waals surface area contributed by atoms with Gasteiger partial charge in [-0.15, -0.1) is 0 Å². The second kappa shape index (κ2) is 8.49. The molecule has 6 heteroatoms. The number of ether oxygens (including phenoxy) is 2. The van der Waals surface area contributed by atoms with Crippen LogP contribution in [0.3, 0.4) is 0 Å². The summed E-state index contributed by atoms with van der Waals surface area (Å²) in [5.41, 5.74) is 0. The molecule has 0 spiro atoms. The second-order valence-electron chi connectivity index (χ2n) is 3.88. The molecule has 2 atom stereocenters. The van der Waals surface area contributed by atoms with Crippen LogP contribution in [0.25, 0.3) is 0 Å². The van der Waals surface area contributed by atoms with Crippen LogP contribution in [-0.4, -0.2) is 36.6 Å². The number of amides is 1. The first kappa shape index (κ1) is 16.4. The molecule has 0 aromatic rings. The Hall–Kier alpha value is -1.59. The maximum Gasteiger partial charge on any atom is 0.306 e. The van der Waals surface area contributed by atoms with Crippen molar-refractivity contribution < 1.29 is 23.9 Å². The molecule has 0 aliphatic rings. The van der Waals surface area contributed by atoms with Crippen LogP contribution in [0, 0.1) is 0 Å². The van der Waals surface area contributed by atoms with Gasteiger partial charge in [-0.25, -0.2) is 0 Å². The minimum Gasteiger partial charge on any atom is -0.461 e. The van der Waals surface area contributed by atoms with Gasteiger partial charge in [-0.2, -0.15) is 0 Å². The molecular formula is C12H21NO5. The Morgan fingerprint density at radius 2 is 1.50 bits per heavy atom. The molecule has 18 heavy (non-hydrogen) atoms. The largest absolute Gasteiger partial charge is 0.461 e. The second-order valence-corrected chi connectivity index (χ2v) is 3.88. The standard InChI is InChI=1S/C12H21NO5/c1-5-10(14)17-8(3)7-13-12(16)9(4)18-11(15)6-2/h8-9H,5-7H2,1-4H3,(H,13,16)/t8-,9-/m1/s1. The van der Waals surface area contributed by atoms with Gasteiger partial charge in [0.15, 0.2) is 6.10 Å². The van der Waals surface area contributed by atoms with Gasteiger partial charge in [0, 0.05) is 12.8 Å². The van der Waals surface area contributed by atoms with E-state index in [0.29, 0.717) is 6.42 Å². The number of carbonyl (C=O) groups excluding carboxylic acids is 3. The lowest BCUT2D eigenvalue weighted by atomic mass is 10.3. The number of nitrogens with one attached hydrogen (secondary N) is 1. The molecule has 0 aliphatic carbocycles. The van der Waals surface area contributed by atoms with Crippen molar-refractivity contribution in [3.8, 4) is 0 Å². The highest BCUT2D eigenvalue weighted by Crippen LogP contribution is 1.96. The lowest BCUT2D eigenvalue weighted by Gasteiger charge is -2.16. The maximum atomic E-state index is 11.5. The highest BCUT2D eigenvalue weighted by atomic mass is 16.6. The summed E-state index contributed by atoms with van der Waals surface area (Å²) in [6.07, 6.45) is -0.729. The average molecular weight is 259 g/mol. The summed E-state index contributed by atoms with van der Waals surface area (Å²) < 4.78 is 9.81. The number of rotatable bonds is 7. The molecule has 0 aromatic heterocycles. The predicted octanol–water partition coefficient (Wildman–Crippen LogP) is 0.786. The Morgan fingerprint density at radius 1 is 1.00 bits per heavy atom. The molecule has 0 radical (unpaired) electrons. The van der Waals surface area contributed by atoms with Gasteiger partial charge in [0.1, 0.15) is 6.10 Å². The summed E-state index contributed by atoms with van der Waals surface area (Å²) >= 11 is 0. The Labute approximate surface area is 107 Å². The number of hydrogen-bond acceptors (Lipinski definition) is 5. The van der Waals surface area contributed by atoms with Gasteiger partial charge in [-0.1, -0.05) is 13.8 Å². The SMILES string of the molecule is CCC(=O)O[C@H](C)CNC(=O)[C@@H](C)OC(=O)CC. The first-order chi connectivity index (χ1) is 8.40. The quantitative estimate of drug-likeness (QED) is 0.683. The zero-order valence-corrected chi connectivity index (χ0v) is 11.3. The topological polar surface area (TPSA) is 81.7 Å². The van der Waals surface area contributed by atoms with Crippen molar-refractivity contribution in [1.82, 2.24) is 5.32 Å². The van der Waals surface area contributed by atoms with Crippen molar-refractivity contribution >= 4 is 17.8 Å². The normalized spacial score (nSPS) is 13.3. The van der Waals surface area contributed by atoms with Crippen molar-refractivity contribution in [3.63, 3.8) is 0 Å². The zero-order chi connectivity index (χ0) is 14.1. The Kier molecular flexibility index (Phi) is 7.74. The molecule has 0 aromatic carbocycles. The molecule has 0 saturated heterocycles. The van der Waals surface area contributed by atoms with E-state index in [9.17, 15) is 14.4 Å². The van der Waals surface area contributed by atoms with E-state index in [4.69, 9.17) is 9.47 Å². The summed E-state index contributed by atoms with van der Waals surface area (Å²) in [6, 6.07) is 0. The molecule has 1 amide bonds. The van der Waals surface area contributed by atoms with Crippen molar-refractivity contribution in [2.24, 2.45) is 0 Å². The first-order valence-electron chi connectivity index (χ1n) is 6.07. The average Bonchev–Trinajstić information content (AvgIpc) is 2.35. The molecule has 1 N–H and O–H groups in total. The predicted molar refractivity (Wildman–Crippen MR) is 64.7 cm³/mol. The summed E-state index contributed by atoms with van der Waals surface area (Å²) in [4.78, 5) is 33.5. The molecule has 0 fully saturated rings. The third kappa shape index (κ3) is 6.88. The van der Waals surface area contributed by atoms with Gasteiger partial charge >= 0.3 is 11.9 Å². The minimum absolute atomic E-state index is 0.193. The van der Waals surface area contributed by atoms with Crippen molar-refractivity contribution in [2.75, 3.05) is 6.54 Å². The molecule has 6 nitrogen and oxygen atoms in total. The van der Waals surface area contributed by atoms with E-state index in [2.05, 4.69) is 5.32 Å². The molecule has 0 unspecified atom stereocenters. The third-order valence-corrected chi connectivity index (χ3v) is 2.15. The fourth-order valence-electron chi connectivity index (χ4n) is 1.07. The number of carbonyl (C=O) groups is 3. The van der Waals surface area contributed by atoms with E-state index in [1.807, 2.05) is 0 Å². The van der Waals surface area contributed by atoms with Gasteiger partial charge in [0.25, 0.3) is 5.91 Å². The van der Waals surface area contributed by atoms with Crippen LogP contribution in [-0.2, 0) is 23.9 Å². The Balaban J connectivity index is 3.94. The third-order valence-electron chi connectivity index (χ3n) is 2.15. The fraction of sp³-hybridized carbons (Fsp3) is 0.750. The van der Waals surface area contributed by atoms with Gasteiger partial charge in [0.2, 0.25) is 0 Å². The molecular weight excluding hydrogens is 238 g/mol. The maximum absolute atomic E-state index is 11.5. The fourth-order valence-corrected chi connectivity index (χ4v) is 1.07. The van der Waals surface area contributed by atoms with Crippen LogP contribution in [0.4, 0.5) is 0 Å². The van der Waals surface area contributed by atoms with E-state index in [-0.39, 0.29) is 18.9 Å². The van der Waals surface area contributed by atoms with Crippen molar-refractivity contribution in [1.29, 1.82) is 0 Å². The zero-order valence-electron chi connectivity index (χ0n) is 11.3. The summed E-state index contributed by atoms with van der Waals surface area (Å²) in [7, 11) is 0. The van der Waals surface area contributed by atoms with Crippen LogP contribution in [0.1, 0.15) is 40.5 Å². The summed E-state index contributed by atoms with van der Waals surface area (Å²) in [6.45, 7) is 6.71.